The lowest BCUT2D eigenvalue weighted by atomic mass is 9.89. The molecule has 0 unspecified atom stereocenters. The van der Waals surface area contributed by atoms with E-state index >= 15 is 0 Å². The van der Waals surface area contributed by atoms with E-state index in [1.807, 2.05) is 6.08 Å². The molecule has 1 saturated carbocycles. The molecule has 5 rings (SSSR count). The van der Waals surface area contributed by atoms with E-state index in [0.29, 0.717) is 16.8 Å². The summed E-state index contributed by atoms with van der Waals surface area (Å²) in [5.74, 6) is 0.384. The quantitative estimate of drug-likeness (QED) is 0.433. The first-order valence-corrected chi connectivity index (χ1v) is 12.7. The molecule has 1 fully saturated rings. The van der Waals surface area contributed by atoms with E-state index < -0.39 is 11.9 Å². The Labute approximate surface area is 215 Å². The molecule has 0 amide bonds. The molecule has 10 heteroatoms. The van der Waals surface area contributed by atoms with E-state index in [2.05, 4.69) is 43.7 Å². The van der Waals surface area contributed by atoms with Crippen LogP contribution < -0.4 is 15.4 Å². The number of ether oxygens (including phenoxy) is 2. The molecule has 1 aromatic carbocycles. The third-order valence-corrected chi connectivity index (χ3v) is 7.84. The summed E-state index contributed by atoms with van der Waals surface area (Å²) in [6.45, 7) is 3.60. The Hall–Kier alpha value is -2.88. The Morgan fingerprint density at radius 1 is 1.19 bits per heavy atom. The van der Waals surface area contributed by atoms with Crippen LogP contribution in [0.4, 0.5) is 17.5 Å². The zero-order valence-corrected chi connectivity index (χ0v) is 21.3. The van der Waals surface area contributed by atoms with Crippen LogP contribution in [0, 0.1) is 17.8 Å². The predicted octanol–water partition coefficient (Wildman–Crippen LogP) is 3.62. The number of hydrogen-bond donors (Lipinski definition) is 3. The monoisotopic (exact) mass is 513 g/mol. The van der Waals surface area contributed by atoms with Crippen LogP contribution in [0.5, 0.6) is 5.75 Å². The second-order valence-electron chi connectivity index (χ2n) is 9.65. The van der Waals surface area contributed by atoms with Crippen LogP contribution >= 0.6 is 11.6 Å². The molecule has 3 aliphatic rings. The van der Waals surface area contributed by atoms with Crippen molar-refractivity contribution in [3.8, 4) is 5.75 Å². The number of aliphatic carboxylic acids is 1. The number of carboxylic acid groups (broad SMARTS) is 1. The lowest BCUT2D eigenvalue weighted by molar-refractivity contribution is -0.142. The molecule has 0 saturated heterocycles. The lowest BCUT2D eigenvalue weighted by Crippen LogP contribution is -2.38. The summed E-state index contributed by atoms with van der Waals surface area (Å²) < 4.78 is 10.9. The van der Waals surface area contributed by atoms with Gasteiger partial charge in [-0.15, -0.1) is 0 Å². The molecule has 4 atom stereocenters. The van der Waals surface area contributed by atoms with E-state index in [-0.39, 0.29) is 17.9 Å². The number of carboxylic acids is 1. The van der Waals surface area contributed by atoms with E-state index in [0.717, 1.165) is 56.9 Å². The molecule has 2 heterocycles. The maximum absolute atomic E-state index is 11.9. The van der Waals surface area contributed by atoms with Gasteiger partial charge in [0.05, 0.1) is 31.5 Å². The Morgan fingerprint density at radius 3 is 2.67 bits per heavy atom. The van der Waals surface area contributed by atoms with Gasteiger partial charge in [-0.05, 0) is 54.4 Å². The first kappa shape index (κ1) is 24.8. The van der Waals surface area contributed by atoms with Crippen molar-refractivity contribution in [1.82, 2.24) is 14.9 Å². The Kier molecular flexibility index (Phi) is 7.32. The fraction of sp³-hybridized carbons (Fsp3) is 0.500. The van der Waals surface area contributed by atoms with Gasteiger partial charge >= 0.3 is 5.97 Å². The number of aromatic nitrogens is 2. The summed E-state index contributed by atoms with van der Waals surface area (Å²) in [6, 6.07) is 3.94. The molecule has 1 aliphatic heterocycles. The molecule has 1 aromatic heterocycles. The van der Waals surface area contributed by atoms with Crippen molar-refractivity contribution in [2.24, 2.45) is 17.8 Å². The number of benzene rings is 1. The molecule has 192 valence electrons. The van der Waals surface area contributed by atoms with Crippen molar-refractivity contribution >= 4 is 35.0 Å². The SMILES string of the molecule is COCCN1CCc2cc(Nc3ncc(Cl)c(N[C@@H]4[C@H](C(=O)O)[C@H]5C=C[C@@H]4C5)n3)c(OC)cc2CC1. The average molecular weight is 514 g/mol. The number of nitrogens with zero attached hydrogens (tertiary/aromatic N) is 3. The largest absolute Gasteiger partial charge is 0.495 e. The predicted molar refractivity (Wildman–Crippen MR) is 138 cm³/mol. The van der Waals surface area contributed by atoms with Gasteiger partial charge in [-0.25, -0.2) is 4.98 Å². The van der Waals surface area contributed by atoms with Crippen molar-refractivity contribution < 1.29 is 19.4 Å². The summed E-state index contributed by atoms with van der Waals surface area (Å²) in [4.78, 5) is 23.3. The summed E-state index contributed by atoms with van der Waals surface area (Å²) in [6.07, 6.45) is 8.34. The zero-order chi connectivity index (χ0) is 25.2. The van der Waals surface area contributed by atoms with Gasteiger partial charge in [0.2, 0.25) is 5.95 Å². The van der Waals surface area contributed by atoms with Crippen LogP contribution in [0.25, 0.3) is 0 Å². The highest BCUT2D eigenvalue weighted by Crippen LogP contribution is 2.45. The maximum Gasteiger partial charge on any atom is 0.309 e. The van der Waals surface area contributed by atoms with Gasteiger partial charge in [-0.2, -0.15) is 4.98 Å². The number of carbonyl (C=O) groups is 1. The standard InChI is InChI=1S/C26H32ClN5O4/c1-35-10-9-32-7-5-15-12-20(21(36-2)13-16(15)6-8-32)29-26-28-14-19(27)24(31-26)30-23-18-4-3-17(11-18)22(23)25(33)34/h3-4,12-14,17-18,22-23H,5-11H2,1-2H3,(H,33,34)(H2,28,29,30,31)/t17-,18+,22+,23-/m0/s1. The normalized spacial score (nSPS) is 24.9. The smallest absolute Gasteiger partial charge is 0.309 e. The molecule has 2 aliphatic carbocycles. The van der Waals surface area contributed by atoms with Crippen LogP contribution in [0.1, 0.15) is 17.5 Å². The van der Waals surface area contributed by atoms with Crippen molar-refractivity contribution in [2.75, 3.05) is 51.1 Å². The zero-order valence-electron chi connectivity index (χ0n) is 20.5. The summed E-state index contributed by atoms with van der Waals surface area (Å²) in [7, 11) is 3.38. The van der Waals surface area contributed by atoms with E-state index in [4.69, 9.17) is 21.1 Å². The van der Waals surface area contributed by atoms with Crippen LogP contribution in [-0.4, -0.2) is 72.4 Å². The fourth-order valence-corrected chi connectivity index (χ4v) is 5.82. The van der Waals surface area contributed by atoms with Gasteiger partial charge in [0.25, 0.3) is 0 Å². The van der Waals surface area contributed by atoms with Gasteiger partial charge in [0.15, 0.2) is 5.82 Å². The van der Waals surface area contributed by atoms with Crippen LogP contribution in [0.15, 0.2) is 30.5 Å². The number of hydrogen-bond acceptors (Lipinski definition) is 8. The first-order chi connectivity index (χ1) is 17.5. The fourth-order valence-electron chi connectivity index (χ4n) is 5.67. The molecular weight excluding hydrogens is 482 g/mol. The molecule has 2 bridgehead atoms. The molecule has 2 aromatic rings. The number of rotatable bonds is 9. The number of fused-ring (bicyclic) bond motifs is 3. The summed E-state index contributed by atoms with van der Waals surface area (Å²) in [5.41, 5.74) is 3.32. The molecule has 9 nitrogen and oxygen atoms in total. The molecule has 0 spiro atoms. The third kappa shape index (κ3) is 5.00. The highest BCUT2D eigenvalue weighted by atomic mass is 35.5. The van der Waals surface area contributed by atoms with Crippen molar-refractivity contribution in [3.05, 3.63) is 46.6 Å². The van der Waals surface area contributed by atoms with E-state index in [1.165, 1.54) is 17.3 Å². The Balaban J connectivity index is 1.35. The molecule has 36 heavy (non-hydrogen) atoms. The minimum absolute atomic E-state index is 0.0393. The highest BCUT2D eigenvalue weighted by Gasteiger charge is 2.48. The van der Waals surface area contributed by atoms with Gasteiger partial charge < -0.3 is 30.1 Å². The topological polar surface area (TPSA) is 109 Å². The first-order valence-electron chi connectivity index (χ1n) is 12.3. The van der Waals surface area contributed by atoms with Crippen LogP contribution in [-0.2, 0) is 22.4 Å². The van der Waals surface area contributed by atoms with Crippen molar-refractivity contribution in [1.29, 1.82) is 0 Å². The van der Waals surface area contributed by atoms with Crippen molar-refractivity contribution in [2.45, 2.75) is 25.3 Å². The van der Waals surface area contributed by atoms with Crippen LogP contribution in [0.3, 0.4) is 0 Å². The summed E-state index contributed by atoms with van der Waals surface area (Å²) >= 11 is 6.41. The number of halogens is 1. The lowest BCUT2D eigenvalue weighted by Gasteiger charge is -2.26. The van der Waals surface area contributed by atoms with Crippen LogP contribution in [0.2, 0.25) is 5.02 Å². The number of nitrogens with one attached hydrogen (secondary N) is 2. The van der Waals surface area contributed by atoms with Gasteiger partial charge in [-0.1, -0.05) is 23.8 Å². The minimum atomic E-state index is -0.802. The minimum Gasteiger partial charge on any atom is -0.495 e. The molecule has 0 radical (unpaired) electrons. The second kappa shape index (κ2) is 10.6. The van der Waals surface area contributed by atoms with Gasteiger partial charge in [-0.3, -0.25) is 4.79 Å². The average Bonchev–Trinajstić information content (AvgIpc) is 3.42. The number of anilines is 3. The highest BCUT2D eigenvalue weighted by molar-refractivity contribution is 6.32. The second-order valence-corrected chi connectivity index (χ2v) is 10.1. The maximum atomic E-state index is 11.9. The summed E-state index contributed by atoms with van der Waals surface area (Å²) in [5, 5.41) is 16.7. The van der Waals surface area contributed by atoms with Gasteiger partial charge in [0, 0.05) is 32.8 Å². The third-order valence-electron chi connectivity index (χ3n) is 7.57. The van der Waals surface area contributed by atoms with Gasteiger partial charge in [0.1, 0.15) is 10.8 Å². The Bertz CT molecular complexity index is 1160. The number of allylic oxidation sites excluding steroid dienone is 1. The molecular formula is C26H32ClN5O4. The van der Waals surface area contributed by atoms with E-state index in [1.54, 1.807) is 14.2 Å². The van der Waals surface area contributed by atoms with E-state index in [9.17, 15) is 9.90 Å². The van der Waals surface area contributed by atoms with Crippen molar-refractivity contribution in [3.63, 3.8) is 0 Å². The number of methoxy groups -OCH3 is 2. The Morgan fingerprint density at radius 2 is 1.94 bits per heavy atom. The molecule has 3 N–H and O–H groups in total.